The molecule has 1 fully saturated rings. The molecule has 0 aliphatic carbocycles. The fraction of sp³-hybridized carbons (Fsp3) is 0.727. The monoisotopic (exact) mass is 271 g/mol. The van der Waals surface area contributed by atoms with Crippen molar-refractivity contribution in [1.82, 2.24) is 14.7 Å². The van der Waals surface area contributed by atoms with E-state index in [2.05, 4.69) is 32.9 Å². The topological polar surface area (TPSA) is 21.1 Å². The second-order valence-corrected chi connectivity index (χ2v) is 5.53. The smallest absolute Gasteiger partial charge is 0.0536 e. The van der Waals surface area contributed by atoms with Crippen molar-refractivity contribution in [3.05, 3.63) is 18.5 Å². The predicted molar refractivity (Wildman–Crippen MR) is 65.2 cm³/mol. The lowest BCUT2D eigenvalue weighted by molar-refractivity contribution is 0.193. The number of hydrogen-bond acceptors (Lipinski definition) is 2. The number of nitrogens with zero attached hydrogens (tertiary/aromatic N) is 3. The molecule has 2 unspecified atom stereocenters. The first-order chi connectivity index (χ1) is 7.25. The van der Waals surface area contributed by atoms with Crippen LogP contribution in [0.15, 0.2) is 18.5 Å². The third-order valence-electron chi connectivity index (χ3n) is 3.16. The van der Waals surface area contributed by atoms with Crippen LogP contribution in [0.1, 0.15) is 13.3 Å². The standard InChI is InChI=1S/C11H18BrN3/c1-10-3-6-14(9-11(10)12)7-8-15-5-2-4-13-15/h2,4-5,10-11H,3,6-9H2,1H3. The average molecular weight is 272 g/mol. The van der Waals surface area contributed by atoms with Crippen LogP contribution in [0.5, 0.6) is 0 Å². The van der Waals surface area contributed by atoms with Crippen molar-refractivity contribution in [1.29, 1.82) is 0 Å². The summed E-state index contributed by atoms with van der Waals surface area (Å²) in [4.78, 5) is 3.17. The Bertz CT molecular complexity index is 286. The Kier molecular flexibility index (Phi) is 3.81. The summed E-state index contributed by atoms with van der Waals surface area (Å²) in [5, 5.41) is 4.21. The largest absolute Gasteiger partial charge is 0.300 e. The van der Waals surface area contributed by atoms with Gasteiger partial charge in [-0.3, -0.25) is 4.68 Å². The van der Waals surface area contributed by atoms with Crippen LogP contribution >= 0.6 is 15.9 Å². The highest BCUT2D eigenvalue weighted by Crippen LogP contribution is 2.22. The molecule has 2 atom stereocenters. The van der Waals surface area contributed by atoms with Gasteiger partial charge in [0.25, 0.3) is 0 Å². The molecule has 0 aromatic carbocycles. The molecule has 1 aromatic rings. The van der Waals surface area contributed by atoms with Crippen molar-refractivity contribution < 1.29 is 0 Å². The molecule has 0 spiro atoms. The van der Waals surface area contributed by atoms with Gasteiger partial charge in [0.1, 0.15) is 0 Å². The van der Waals surface area contributed by atoms with E-state index in [1.54, 1.807) is 0 Å². The molecule has 2 rings (SSSR count). The van der Waals surface area contributed by atoms with E-state index in [-0.39, 0.29) is 0 Å². The highest BCUT2D eigenvalue weighted by molar-refractivity contribution is 9.09. The minimum absolute atomic E-state index is 0.656. The maximum Gasteiger partial charge on any atom is 0.0536 e. The predicted octanol–water partition coefficient (Wildman–Crippen LogP) is 1.99. The van der Waals surface area contributed by atoms with Crippen LogP contribution in [0.25, 0.3) is 0 Å². The second-order valence-electron chi connectivity index (χ2n) is 4.35. The highest BCUT2D eigenvalue weighted by Gasteiger charge is 2.23. The van der Waals surface area contributed by atoms with Gasteiger partial charge in [-0.1, -0.05) is 22.9 Å². The maximum absolute atomic E-state index is 4.21. The van der Waals surface area contributed by atoms with Gasteiger partial charge in [-0.2, -0.15) is 5.10 Å². The molecule has 84 valence electrons. The zero-order valence-corrected chi connectivity index (χ0v) is 10.7. The Labute approximate surface area is 99.6 Å². The van der Waals surface area contributed by atoms with Crippen molar-refractivity contribution in [3.8, 4) is 0 Å². The SMILES string of the molecule is CC1CCN(CCn2cccn2)CC1Br. The quantitative estimate of drug-likeness (QED) is 0.785. The lowest BCUT2D eigenvalue weighted by Crippen LogP contribution is -2.41. The summed E-state index contributed by atoms with van der Waals surface area (Å²) < 4.78 is 2.00. The molecule has 1 aromatic heterocycles. The minimum Gasteiger partial charge on any atom is -0.300 e. The maximum atomic E-state index is 4.21. The van der Waals surface area contributed by atoms with E-state index in [9.17, 15) is 0 Å². The Hall–Kier alpha value is -0.350. The van der Waals surface area contributed by atoms with Crippen LogP contribution in [0.3, 0.4) is 0 Å². The molecule has 1 aliphatic heterocycles. The number of alkyl halides is 1. The van der Waals surface area contributed by atoms with Gasteiger partial charge in [0.15, 0.2) is 0 Å². The number of halogens is 1. The fourth-order valence-corrected chi connectivity index (χ4v) is 2.64. The first kappa shape index (κ1) is 11.1. The molecule has 1 saturated heterocycles. The molecule has 0 bridgehead atoms. The number of piperidine rings is 1. The molecule has 3 nitrogen and oxygen atoms in total. The molecule has 0 amide bonds. The van der Waals surface area contributed by atoms with Crippen molar-refractivity contribution in [2.75, 3.05) is 19.6 Å². The first-order valence-electron chi connectivity index (χ1n) is 5.59. The summed E-state index contributed by atoms with van der Waals surface area (Å²) >= 11 is 3.75. The average Bonchev–Trinajstić information content (AvgIpc) is 2.73. The summed E-state index contributed by atoms with van der Waals surface area (Å²) in [6.45, 7) is 6.83. The minimum atomic E-state index is 0.656. The molecular weight excluding hydrogens is 254 g/mol. The lowest BCUT2D eigenvalue weighted by Gasteiger charge is -2.34. The lowest BCUT2D eigenvalue weighted by atomic mass is 9.99. The van der Waals surface area contributed by atoms with Gasteiger partial charge >= 0.3 is 0 Å². The van der Waals surface area contributed by atoms with Crippen LogP contribution in [0.2, 0.25) is 0 Å². The number of aromatic nitrogens is 2. The zero-order valence-electron chi connectivity index (χ0n) is 9.14. The third-order valence-corrected chi connectivity index (χ3v) is 4.35. The van der Waals surface area contributed by atoms with Crippen LogP contribution in [0.4, 0.5) is 0 Å². The van der Waals surface area contributed by atoms with Crippen molar-refractivity contribution in [3.63, 3.8) is 0 Å². The number of rotatable bonds is 3. The molecule has 0 radical (unpaired) electrons. The van der Waals surface area contributed by atoms with E-state index < -0.39 is 0 Å². The zero-order chi connectivity index (χ0) is 10.7. The van der Waals surface area contributed by atoms with E-state index in [0.717, 1.165) is 19.0 Å². The van der Waals surface area contributed by atoms with E-state index in [1.165, 1.54) is 19.5 Å². The van der Waals surface area contributed by atoms with Gasteiger partial charge in [0.2, 0.25) is 0 Å². The van der Waals surface area contributed by atoms with Gasteiger partial charge in [0.05, 0.1) is 6.54 Å². The summed E-state index contributed by atoms with van der Waals surface area (Å²) in [6.07, 6.45) is 5.17. The van der Waals surface area contributed by atoms with Crippen molar-refractivity contribution in [2.45, 2.75) is 24.7 Å². The van der Waals surface area contributed by atoms with E-state index in [0.29, 0.717) is 4.83 Å². The van der Waals surface area contributed by atoms with Gasteiger partial charge in [-0.05, 0) is 24.9 Å². The Balaban J connectivity index is 1.76. The van der Waals surface area contributed by atoms with Gasteiger partial charge in [0, 0.05) is 30.3 Å². The molecule has 0 N–H and O–H groups in total. The second kappa shape index (κ2) is 5.12. The normalized spacial score (nSPS) is 28.1. The molecule has 0 saturated carbocycles. The first-order valence-corrected chi connectivity index (χ1v) is 6.51. The molecular formula is C11H18BrN3. The van der Waals surface area contributed by atoms with E-state index in [1.807, 2.05) is 23.1 Å². The van der Waals surface area contributed by atoms with E-state index in [4.69, 9.17) is 0 Å². The van der Waals surface area contributed by atoms with Crippen molar-refractivity contribution >= 4 is 15.9 Å². The van der Waals surface area contributed by atoms with Crippen LogP contribution in [0, 0.1) is 5.92 Å². The van der Waals surface area contributed by atoms with Crippen LogP contribution < -0.4 is 0 Å². The van der Waals surface area contributed by atoms with Crippen LogP contribution in [-0.2, 0) is 6.54 Å². The summed E-state index contributed by atoms with van der Waals surface area (Å²) in [6, 6.07) is 1.98. The summed E-state index contributed by atoms with van der Waals surface area (Å²) in [5.74, 6) is 0.811. The van der Waals surface area contributed by atoms with Gasteiger partial charge < -0.3 is 4.90 Å². The molecule has 4 heteroatoms. The van der Waals surface area contributed by atoms with Gasteiger partial charge in [-0.25, -0.2) is 0 Å². The summed E-state index contributed by atoms with van der Waals surface area (Å²) in [7, 11) is 0. The number of likely N-dealkylation sites (tertiary alicyclic amines) is 1. The third kappa shape index (κ3) is 3.05. The van der Waals surface area contributed by atoms with Crippen LogP contribution in [-0.4, -0.2) is 39.1 Å². The molecule has 1 aliphatic rings. The fourth-order valence-electron chi connectivity index (χ4n) is 1.96. The Morgan fingerprint density at radius 2 is 2.33 bits per heavy atom. The molecule has 2 heterocycles. The highest BCUT2D eigenvalue weighted by atomic mass is 79.9. The molecule has 15 heavy (non-hydrogen) atoms. The van der Waals surface area contributed by atoms with E-state index >= 15 is 0 Å². The Morgan fingerprint density at radius 3 is 3.00 bits per heavy atom. The summed E-state index contributed by atoms with van der Waals surface area (Å²) in [5.41, 5.74) is 0. The van der Waals surface area contributed by atoms with Gasteiger partial charge in [-0.15, -0.1) is 0 Å². The Morgan fingerprint density at radius 1 is 1.47 bits per heavy atom. The van der Waals surface area contributed by atoms with Crippen molar-refractivity contribution in [2.24, 2.45) is 5.92 Å². The number of hydrogen-bond donors (Lipinski definition) is 0.